The van der Waals surface area contributed by atoms with Gasteiger partial charge >= 0.3 is 5.97 Å². The van der Waals surface area contributed by atoms with Crippen LogP contribution in [0.2, 0.25) is 0 Å². The lowest BCUT2D eigenvalue weighted by molar-refractivity contribution is -0.384. The highest BCUT2D eigenvalue weighted by molar-refractivity contribution is 8.26. The number of thioether (sulfide) groups is 1. The van der Waals surface area contributed by atoms with Crippen molar-refractivity contribution in [2.45, 2.75) is 13.5 Å². The number of ether oxygens (including phenoxy) is 2. The summed E-state index contributed by atoms with van der Waals surface area (Å²) in [4.78, 5) is 37.8. The SMILES string of the molecule is CCOc1cc(/C=C2/SC(=S)N(Cc3ccccc3)C2=O)ccc1OC(=O)c1ccc([N+](=O)[O-])cc1. The van der Waals surface area contributed by atoms with E-state index in [9.17, 15) is 19.7 Å². The van der Waals surface area contributed by atoms with E-state index in [1.807, 2.05) is 30.3 Å². The number of nitro groups is 1. The quantitative estimate of drug-likeness (QED) is 0.0943. The van der Waals surface area contributed by atoms with Crippen molar-refractivity contribution in [1.29, 1.82) is 0 Å². The minimum atomic E-state index is -0.680. The van der Waals surface area contributed by atoms with E-state index in [2.05, 4.69) is 0 Å². The Labute approximate surface area is 216 Å². The Morgan fingerprint density at radius 3 is 2.47 bits per heavy atom. The predicted octanol–water partition coefficient (Wildman–Crippen LogP) is 5.61. The normalized spacial score (nSPS) is 14.2. The highest BCUT2D eigenvalue weighted by atomic mass is 32.2. The highest BCUT2D eigenvalue weighted by Crippen LogP contribution is 2.36. The van der Waals surface area contributed by atoms with E-state index in [-0.39, 0.29) is 22.9 Å². The number of rotatable bonds is 8. The zero-order valence-electron chi connectivity index (χ0n) is 19.1. The molecule has 0 aliphatic carbocycles. The van der Waals surface area contributed by atoms with Crippen LogP contribution in [-0.2, 0) is 11.3 Å². The number of esters is 1. The third-order valence-corrected chi connectivity index (χ3v) is 6.52. The number of carbonyl (C=O) groups is 2. The largest absolute Gasteiger partial charge is 0.490 e. The maximum atomic E-state index is 13.0. The molecule has 1 saturated heterocycles. The van der Waals surface area contributed by atoms with Crippen LogP contribution in [0.25, 0.3) is 6.08 Å². The molecule has 0 bridgehead atoms. The number of benzene rings is 3. The molecule has 0 atom stereocenters. The van der Waals surface area contributed by atoms with Gasteiger partial charge in [0.1, 0.15) is 4.32 Å². The Hall–Kier alpha value is -4.02. The van der Waals surface area contributed by atoms with Crippen molar-refractivity contribution in [2.24, 2.45) is 0 Å². The second-order valence-corrected chi connectivity index (χ2v) is 9.26. The van der Waals surface area contributed by atoms with E-state index in [1.54, 1.807) is 36.1 Å². The molecule has 10 heteroatoms. The fourth-order valence-corrected chi connectivity index (χ4v) is 4.65. The third-order valence-electron chi connectivity index (χ3n) is 5.14. The first-order chi connectivity index (χ1) is 17.4. The molecule has 182 valence electrons. The third kappa shape index (κ3) is 5.78. The van der Waals surface area contributed by atoms with Gasteiger partial charge in [-0.25, -0.2) is 4.79 Å². The van der Waals surface area contributed by atoms with E-state index in [0.717, 1.165) is 5.56 Å². The van der Waals surface area contributed by atoms with Crippen LogP contribution in [0, 0.1) is 10.1 Å². The van der Waals surface area contributed by atoms with Gasteiger partial charge in [0, 0.05) is 12.1 Å². The van der Waals surface area contributed by atoms with Gasteiger partial charge in [0.15, 0.2) is 11.5 Å². The zero-order valence-corrected chi connectivity index (χ0v) is 20.7. The minimum Gasteiger partial charge on any atom is -0.490 e. The molecule has 3 aromatic carbocycles. The summed E-state index contributed by atoms with van der Waals surface area (Å²) >= 11 is 6.65. The number of hydrogen-bond donors (Lipinski definition) is 0. The summed E-state index contributed by atoms with van der Waals surface area (Å²) < 4.78 is 11.6. The maximum Gasteiger partial charge on any atom is 0.343 e. The van der Waals surface area contributed by atoms with Crippen molar-refractivity contribution >= 4 is 51.9 Å². The lowest BCUT2D eigenvalue weighted by Gasteiger charge is -2.14. The molecular weight excluding hydrogens is 500 g/mol. The summed E-state index contributed by atoms with van der Waals surface area (Å²) in [5, 5.41) is 10.8. The van der Waals surface area contributed by atoms with Crippen molar-refractivity contribution in [2.75, 3.05) is 6.61 Å². The maximum absolute atomic E-state index is 13.0. The number of thiocarbonyl (C=S) groups is 1. The number of non-ortho nitro benzene ring substituents is 1. The topological polar surface area (TPSA) is 99.0 Å². The molecular formula is C26H20N2O6S2. The summed E-state index contributed by atoms with van der Waals surface area (Å²) in [7, 11) is 0. The zero-order chi connectivity index (χ0) is 25.7. The molecule has 4 rings (SSSR count). The Kier molecular flexibility index (Phi) is 7.77. The second kappa shape index (κ2) is 11.1. The van der Waals surface area contributed by atoms with Gasteiger partial charge in [-0.2, -0.15) is 0 Å². The molecule has 0 unspecified atom stereocenters. The number of amides is 1. The summed E-state index contributed by atoms with van der Waals surface area (Å²) in [5.41, 5.74) is 1.69. The van der Waals surface area contributed by atoms with Gasteiger partial charge in [-0.1, -0.05) is 60.4 Å². The van der Waals surface area contributed by atoms with Crippen molar-refractivity contribution in [1.82, 2.24) is 4.90 Å². The second-order valence-electron chi connectivity index (χ2n) is 7.59. The van der Waals surface area contributed by atoms with Crippen molar-refractivity contribution < 1.29 is 24.0 Å². The Bertz CT molecular complexity index is 1360. The Balaban J connectivity index is 1.52. The number of nitro benzene ring substituents is 1. The molecule has 1 amide bonds. The van der Waals surface area contributed by atoms with Gasteiger partial charge < -0.3 is 9.47 Å². The summed E-state index contributed by atoms with van der Waals surface area (Å²) in [6.45, 7) is 2.51. The lowest BCUT2D eigenvalue weighted by atomic mass is 10.1. The van der Waals surface area contributed by atoms with Crippen LogP contribution in [0.1, 0.15) is 28.4 Å². The smallest absolute Gasteiger partial charge is 0.343 e. The van der Waals surface area contributed by atoms with Crippen LogP contribution in [0.3, 0.4) is 0 Å². The number of hydrogen-bond acceptors (Lipinski definition) is 8. The van der Waals surface area contributed by atoms with Gasteiger partial charge in [0.05, 0.1) is 28.5 Å². The van der Waals surface area contributed by atoms with E-state index >= 15 is 0 Å². The van der Waals surface area contributed by atoms with E-state index in [4.69, 9.17) is 21.7 Å². The minimum absolute atomic E-state index is 0.125. The molecule has 0 N–H and O–H groups in total. The van der Waals surface area contributed by atoms with Crippen LogP contribution in [0.15, 0.2) is 77.7 Å². The molecule has 1 fully saturated rings. The molecule has 0 radical (unpaired) electrons. The van der Waals surface area contributed by atoms with Crippen LogP contribution in [0.4, 0.5) is 5.69 Å². The first-order valence-corrected chi connectivity index (χ1v) is 12.1. The average molecular weight is 521 g/mol. The monoisotopic (exact) mass is 520 g/mol. The Morgan fingerprint density at radius 2 is 1.81 bits per heavy atom. The van der Waals surface area contributed by atoms with Crippen molar-refractivity contribution in [3.63, 3.8) is 0 Å². The fourth-order valence-electron chi connectivity index (χ4n) is 3.40. The van der Waals surface area contributed by atoms with Crippen LogP contribution < -0.4 is 9.47 Å². The molecule has 1 heterocycles. The van der Waals surface area contributed by atoms with Crippen LogP contribution >= 0.6 is 24.0 Å². The molecule has 0 saturated carbocycles. The van der Waals surface area contributed by atoms with E-state index in [0.29, 0.717) is 33.7 Å². The van der Waals surface area contributed by atoms with Gasteiger partial charge in [0.2, 0.25) is 0 Å². The van der Waals surface area contributed by atoms with Crippen LogP contribution in [0.5, 0.6) is 11.5 Å². The van der Waals surface area contributed by atoms with Gasteiger partial charge in [-0.3, -0.25) is 19.8 Å². The Morgan fingerprint density at radius 1 is 1.08 bits per heavy atom. The number of nitrogens with zero attached hydrogens (tertiary/aromatic N) is 2. The molecule has 1 aliphatic heterocycles. The van der Waals surface area contributed by atoms with Gasteiger partial charge in [-0.15, -0.1) is 0 Å². The van der Waals surface area contributed by atoms with Gasteiger partial charge in [-0.05, 0) is 48.4 Å². The van der Waals surface area contributed by atoms with E-state index < -0.39 is 10.9 Å². The molecule has 0 spiro atoms. The summed E-state index contributed by atoms with van der Waals surface area (Å²) in [6, 6.07) is 19.7. The van der Waals surface area contributed by atoms with Crippen molar-refractivity contribution in [3.05, 3.63) is 105 Å². The first kappa shape index (κ1) is 25.1. The van der Waals surface area contributed by atoms with Crippen molar-refractivity contribution in [3.8, 4) is 11.5 Å². The van der Waals surface area contributed by atoms with Gasteiger partial charge in [0.25, 0.3) is 11.6 Å². The average Bonchev–Trinajstić information content (AvgIpc) is 3.13. The molecule has 1 aliphatic rings. The van der Waals surface area contributed by atoms with Crippen LogP contribution in [-0.4, -0.2) is 32.6 Å². The molecule has 8 nitrogen and oxygen atoms in total. The predicted molar refractivity (Wildman–Crippen MR) is 141 cm³/mol. The number of carbonyl (C=O) groups excluding carboxylic acids is 2. The lowest BCUT2D eigenvalue weighted by Crippen LogP contribution is -2.27. The summed E-state index contributed by atoms with van der Waals surface area (Å²) in [6.07, 6.45) is 1.72. The molecule has 3 aromatic rings. The first-order valence-electron chi connectivity index (χ1n) is 10.9. The molecule has 36 heavy (non-hydrogen) atoms. The highest BCUT2D eigenvalue weighted by Gasteiger charge is 2.32. The standard InChI is InChI=1S/C26H20N2O6S2/c1-2-33-22-14-18(8-13-21(22)34-25(30)19-9-11-20(12-10-19)28(31)32)15-23-24(29)27(26(35)36-23)16-17-6-4-3-5-7-17/h3-15H,2,16H2,1H3/b23-15+. The fraction of sp³-hybridized carbons (Fsp3) is 0.115. The summed E-state index contributed by atoms with van der Waals surface area (Å²) in [5.74, 6) is -0.351. The molecule has 0 aromatic heterocycles. The van der Waals surface area contributed by atoms with E-state index in [1.165, 1.54) is 36.0 Å².